The fraction of sp³-hybridized carbons (Fsp3) is 0.0769. The molecule has 8 heteroatoms. The fourth-order valence-electron chi connectivity index (χ4n) is 1.84. The highest BCUT2D eigenvalue weighted by atomic mass is 127. The molecule has 1 aromatic heterocycles. The number of nitrogens with zero attached hydrogens (tertiary/aromatic N) is 1. The molecule has 0 aliphatic carbocycles. The highest BCUT2D eigenvalue weighted by molar-refractivity contribution is 14.1. The monoisotopic (exact) mass is 421 g/mol. The number of carboxylic acids is 1. The van der Waals surface area contributed by atoms with Crippen molar-refractivity contribution in [1.82, 2.24) is 4.98 Å². The summed E-state index contributed by atoms with van der Waals surface area (Å²) in [4.78, 5) is 15.1. The zero-order valence-electron chi connectivity index (χ0n) is 10.5. The number of carbonyl (C=O) groups is 1. The lowest BCUT2D eigenvalue weighted by Crippen LogP contribution is -2.13. The lowest BCUT2D eigenvalue weighted by Gasteiger charge is -2.12. The van der Waals surface area contributed by atoms with Gasteiger partial charge in [-0.3, -0.25) is 0 Å². The van der Waals surface area contributed by atoms with Crippen LogP contribution >= 0.6 is 34.2 Å². The van der Waals surface area contributed by atoms with Gasteiger partial charge in [0.05, 0.1) is 10.6 Å². The number of aromatic nitrogens is 1. The van der Waals surface area contributed by atoms with Crippen molar-refractivity contribution >= 4 is 46.0 Å². The van der Waals surface area contributed by atoms with Crippen molar-refractivity contribution in [2.45, 2.75) is 6.42 Å². The molecule has 2 rings (SSSR count). The number of rotatable bonds is 4. The predicted molar refractivity (Wildman–Crippen MR) is 85.9 cm³/mol. The zero-order valence-corrected chi connectivity index (χ0v) is 13.4. The van der Waals surface area contributed by atoms with Gasteiger partial charge in [-0.1, -0.05) is 17.7 Å². The number of carboxylic acid groups (broad SMARTS) is 1. The average molecular weight is 422 g/mol. The van der Waals surface area contributed by atoms with E-state index in [4.69, 9.17) is 17.4 Å². The molecule has 0 aliphatic rings. The predicted octanol–water partition coefficient (Wildman–Crippen LogP) is 3.05. The van der Waals surface area contributed by atoms with Crippen LogP contribution in [0, 0.1) is 9.39 Å². The molecule has 0 atom stereocenters. The second kappa shape index (κ2) is 6.54. The maximum atomic E-state index is 13.9. The Balaban J connectivity index is 2.53. The first-order valence-corrected chi connectivity index (χ1v) is 7.21. The van der Waals surface area contributed by atoms with Gasteiger partial charge in [0.25, 0.3) is 0 Å². The molecule has 0 spiro atoms. The van der Waals surface area contributed by atoms with Gasteiger partial charge in [-0.25, -0.2) is 20.0 Å². The number of nitrogens with two attached hydrogens (primary N) is 1. The number of benzene rings is 1. The molecule has 1 aromatic carbocycles. The number of anilines is 1. The topological polar surface area (TPSA) is 88.2 Å². The van der Waals surface area contributed by atoms with E-state index in [1.807, 2.05) is 22.6 Å². The number of pyridine rings is 1. The molecular weight excluding hydrogens is 412 g/mol. The summed E-state index contributed by atoms with van der Waals surface area (Å²) < 4.78 is 14.7. The maximum absolute atomic E-state index is 13.9. The second-order valence-corrected chi connectivity index (χ2v) is 5.80. The third-order valence-electron chi connectivity index (χ3n) is 2.87. The molecule has 0 radical (unpaired) electrons. The summed E-state index contributed by atoms with van der Waals surface area (Å²) in [6.07, 6.45) is 1.17. The van der Waals surface area contributed by atoms with Gasteiger partial charge < -0.3 is 10.5 Å². The van der Waals surface area contributed by atoms with E-state index in [9.17, 15) is 14.3 Å². The number of hydrazine groups is 1. The first kappa shape index (κ1) is 15.9. The molecule has 0 bridgehead atoms. The van der Waals surface area contributed by atoms with Gasteiger partial charge in [0, 0.05) is 16.2 Å². The van der Waals surface area contributed by atoms with Crippen LogP contribution in [0.4, 0.5) is 10.2 Å². The van der Waals surface area contributed by atoms with Gasteiger partial charge in [0.2, 0.25) is 0 Å². The van der Waals surface area contributed by atoms with Crippen molar-refractivity contribution < 1.29 is 14.3 Å². The number of hydrogen-bond acceptors (Lipinski definition) is 4. The number of aromatic carboxylic acids is 1. The summed E-state index contributed by atoms with van der Waals surface area (Å²) >= 11 is 8.09. The Bertz CT molecular complexity index is 712. The minimum absolute atomic E-state index is 0.0282. The molecule has 2 aromatic rings. The Morgan fingerprint density at radius 2 is 2.24 bits per heavy atom. The largest absolute Gasteiger partial charge is 0.478 e. The molecule has 21 heavy (non-hydrogen) atoms. The van der Waals surface area contributed by atoms with Crippen molar-refractivity contribution in [1.29, 1.82) is 0 Å². The van der Waals surface area contributed by atoms with Crippen LogP contribution in [0.5, 0.6) is 0 Å². The summed E-state index contributed by atoms with van der Waals surface area (Å²) in [7, 11) is 0. The normalized spacial score (nSPS) is 10.5. The molecule has 0 fully saturated rings. The van der Waals surface area contributed by atoms with Crippen LogP contribution in [0.15, 0.2) is 24.4 Å². The van der Waals surface area contributed by atoms with Crippen molar-refractivity contribution in [3.63, 3.8) is 0 Å². The molecule has 0 saturated carbocycles. The second-order valence-electron chi connectivity index (χ2n) is 4.18. The minimum Gasteiger partial charge on any atom is -0.478 e. The van der Waals surface area contributed by atoms with E-state index in [0.29, 0.717) is 5.56 Å². The van der Waals surface area contributed by atoms with Gasteiger partial charge in [-0.15, -0.1) is 0 Å². The van der Waals surface area contributed by atoms with Crippen LogP contribution in [0.25, 0.3) is 0 Å². The zero-order chi connectivity index (χ0) is 15.6. The number of hydrogen-bond donors (Lipinski definition) is 3. The van der Waals surface area contributed by atoms with Crippen LogP contribution in [0.3, 0.4) is 0 Å². The van der Waals surface area contributed by atoms with Gasteiger partial charge in [-0.2, -0.15) is 0 Å². The first-order valence-electron chi connectivity index (χ1n) is 5.75. The van der Waals surface area contributed by atoms with Crippen molar-refractivity contribution in [2.24, 2.45) is 5.84 Å². The summed E-state index contributed by atoms with van der Waals surface area (Å²) in [5.41, 5.74) is 2.79. The SMILES string of the molecule is NNc1ncc(C(=O)O)c(Cc2ccc(I)cc2F)c1Cl. The van der Waals surface area contributed by atoms with E-state index >= 15 is 0 Å². The smallest absolute Gasteiger partial charge is 0.337 e. The van der Waals surface area contributed by atoms with E-state index in [-0.39, 0.29) is 28.4 Å². The molecule has 5 nitrogen and oxygen atoms in total. The Labute approximate surface area is 138 Å². The quantitative estimate of drug-likeness (QED) is 0.401. The van der Waals surface area contributed by atoms with Crippen LogP contribution in [0.2, 0.25) is 5.02 Å². The summed E-state index contributed by atoms with van der Waals surface area (Å²) in [5.74, 6) is 3.80. The molecular formula is C13H10ClFIN3O2. The third kappa shape index (κ3) is 3.42. The Hall–Kier alpha value is -1.45. The summed E-state index contributed by atoms with van der Waals surface area (Å²) in [5, 5.41) is 9.27. The molecule has 1 heterocycles. The summed E-state index contributed by atoms with van der Waals surface area (Å²) in [6.45, 7) is 0. The Kier molecular flexibility index (Phi) is 4.96. The van der Waals surface area contributed by atoms with Gasteiger partial charge in [0.15, 0.2) is 5.82 Å². The molecule has 110 valence electrons. The van der Waals surface area contributed by atoms with Crippen molar-refractivity contribution in [3.8, 4) is 0 Å². The lowest BCUT2D eigenvalue weighted by molar-refractivity contribution is 0.0695. The number of halogens is 3. The van der Waals surface area contributed by atoms with Gasteiger partial charge in [0.1, 0.15) is 5.82 Å². The average Bonchev–Trinajstić information content (AvgIpc) is 2.43. The van der Waals surface area contributed by atoms with E-state index in [0.717, 1.165) is 9.77 Å². The first-order chi connectivity index (χ1) is 9.93. The van der Waals surface area contributed by atoms with Gasteiger partial charge in [-0.05, 0) is 45.9 Å². The Morgan fingerprint density at radius 3 is 2.81 bits per heavy atom. The van der Waals surface area contributed by atoms with Crippen molar-refractivity contribution in [3.05, 3.63) is 55.5 Å². The maximum Gasteiger partial charge on any atom is 0.337 e. The lowest BCUT2D eigenvalue weighted by atomic mass is 10.0. The van der Waals surface area contributed by atoms with Crippen LogP contribution in [0.1, 0.15) is 21.5 Å². The summed E-state index contributed by atoms with van der Waals surface area (Å²) in [6, 6.07) is 4.69. The molecule has 0 aliphatic heterocycles. The highest BCUT2D eigenvalue weighted by Crippen LogP contribution is 2.29. The molecule has 4 N–H and O–H groups in total. The standard InChI is InChI=1S/C13H10ClFIN3O2/c14-11-8(3-6-1-2-7(16)4-10(6)15)9(13(20)21)5-18-12(11)19-17/h1-2,4-5H,3,17H2,(H,18,19)(H,20,21). The van der Waals surface area contributed by atoms with Crippen LogP contribution in [-0.4, -0.2) is 16.1 Å². The van der Waals surface area contributed by atoms with E-state index < -0.39 is 11.8 Å². The number of nitrogen functional groups attached to an aromatic ring is 1. The fourth-order valence-corrected chi connectivity index (χ4v) is 2.56. The van der Waals surface area contributed by atoms with E-state index in [1.165, 1.54) is 6.07 Å². The van der Waals surface area contributed by atoms with Crippen LogP contribution in [-0.2, 0) is 6.42 Å². The molecule has 0 saturated heterocycles. The van der Waals surface area contributed by atoms with E-state index in [2.05, 4.69) is 10.4 Å². The minimum atomic E-state index is -1.19. The number of nitrogens with one attached hydrogen (secondary N) is 1. The van der Waals surface area contributed by atoms with E-state index in [1.54, 1.807) is 12.1 Å². The third-order valence-corrected chi connectivity index (χ3v) is 3.95. The van der Waals surface area contributed by atoms with Crippen molar-refractivity contribution in [2.75, 3.05) is 5.43 Å². The van der Waals surface area contributed by atoms with Crippen LogP contribution < -0.4 is 11.3 Å². The Morgan fingerprint density at radius 1 is 1.52 bits per heavy atom. The van der Waals surface area contributed by atoms with Gasteiger partial charge >= 0.3 is 5.97 Å². The molecule has 0 amide bonds. The highest BCUT2D eigenvalue weighted by Gasteiger charge is 2.19. The molecule has 0 unspecified atom stereocenters.